The van der Waals surface area contributed by atoms with Gasteiger partial charge < -0.3 is 15.0 Å². The Kier molecular flexibility index (Phi) is 5.06. The number of pyridine rings is 2. The number of carbonyl (C=O) groups excluding carboxylic acids is 1. The SMILES string of the molecule is COc1ccc(C(C)NC(=O)c2cc3c(=O)[nH]c(-c4ccc5ccccc5n4)cn3n2)cn1. The molecule has 5 aromatic rings. The topological polar surface area (TPSA) is 114 Å². The lowest BCUT2D eigenvalue weighted by Crippen LogP contribution is -2.27. The number of amides is 1. The summed E-state index contributed by atoms with van der Waals surface area (Å²) in [5, 5.41) is 8.20. The molecule has 33 heavy (non-hydrogen) atoms. The molecule has 9 heteroatoms. The van der Waals surface area contributed by atoms with Gasteiger partial charge in [0.2, 0.25) is 5.88 Å². The number of aromatic amines is 1. The van der Waals surface area contributed by atoms with Gasteiger partial charge in [-0.15, -0.1) is 0 Å². The Hall–Kier alpha value is -4.53. The number of aromatic nitrogens is 5. The van der Waals surface area contributed by atoms with Crippen molar-refractivity contribution in [2.24, 2.45) is 0 Å². The minimum Gasteiger partial charge on any atom is -0.481 e. The van der Waals surface area contributed by atoms with Crippen molar-refractivity contribution in [2.75, 3.05) is 7.11 Å². The summed E-state index contributed by atoms with van der Waals surface area (Å²) in [5.41, 5.74) is 2.79. The number of benzene rings is 1. The maximum absolute atomic E-state index is 12.8. The second-order valence-electron chi connectivity index (χ2n) is 7.57. The number of hydrogen-bond acceptors (Lipinski definition) is 6. The zero-order valence-electron chi connectivity index (χ0n) is 17.9. The fraction of sp³-hybridized carbons (Fsp3) is 0.125. The summed E-state index contributed by atoms with van der Waals surface area (Å²) in [6.45, 7) is 1.84. The molecule has 0 aliphatic carbocycles. The molecule has 2 N–H and O–H groups in total. The standard InChI is InChI=1S/C24H20N6O3/c1-14(16-8-10-22(33-2)25-12-16)26-23(31)19-11-21-24(32)28-20(13-30(21)29-19)18-9-7-15-5-3-4-6-17(15)27-18/h3-14H,1-2H3,(H,26,31)(H,28,32). The van der Waals surface area contributed by atoms with Crippen LogP contribution in [0.2, 0.25) is 0 Å². The largest absolute Gasteiger partial charge is 0.481 e. The molecule has 0 fully saturated rings. The van der Waals surface area contributed by atoms with Crippen LogP contribution in [-0.4, -0.2) is 37.6 Å². The molecule has 4 aromatic heterocycles. The van der Waals surface area contributed by atoms with E-state index in [1.54, 1.807) is 25.6 Å². The third kappa shape index (κ3) is 3.91. The number of hydrogen-bond donors (Lipinski definition) is 2. The zero-order valence-corrected chi connectivity index (χ0v) is 17.9. The average molecular weight is 440 g/mol. The fourth-order valence-electron chi connectivity index (χ4n) is 3.58. The maximum Gasteiger partial charge on any atom is 0.274 e. The Morgan fingerprint density at radius 2 is 2.00 bits per heavy atom. The van der Waals surface area contributed by atoms with Gasteiger partial charge >= 0.3 is 0 Å². The zero-order chi connectivity index (χ0) is 22.9. The molecule has 0 saturated heterocycles. The summed E-state index contributed by atoms with van der Waals surface area (Å²) in [5.74, 6) is 0.0976. The molecular formula is C24H20N6O3. The predicted molar refractivity (Wildman–Crippen MR) is 123 cm³/mol. The lowest BCUT2D eigenvalue weighted by molar-refractivity contribution is 0.0934. The van der Waals surface area contributed by atoms with Gasteiger partial charge in [-0.1, -0.05) is 30.3 Å². The van der Waals surface area contributed by atoms with Gasteiger partial charge in [-0.05, 0) is 24.6 Å². The van der Waals surface area contributed by atoms with E-state index < -0.39 is 5.91 Å². The van der Waals surface area contributed by atoms with Crippen LogP contribution in [0.15, 0.2) is 71.8 Å². The molecule has 9 nitrogen and oxygen atoms in total. The number of nitrogens with one attached hydrogen (secondary N) is 2. The molecule has 0 aliphatic rings. The summed E-state index contributed by atoms with van der Waals surface area (Å²) < 4.78 is 6.46. The summed E-state index contributed by atoms with van der Waals surface area (Å²) >= 11 is 0. The number of nitrogens with zero attached hydrogens (tertiary/aromatic N) is 4. The number of rotatable bonds is 5. The Morgan fingerprint density at radius 3 is 2.79 bits per heavy atom. The maximum atomic E-state index is 12.8. The van der Waals surface area contributed by atoms with Crippen LogP contribution in [-0.2, 0) is 0 Å². The van der Waals surface area contributed by atoms with Crippen LogP contribution in [0.1, 0.15) is 29.0 Å². The van der Waals surface area contributed by atoms with E-state index in [0.717, 1.165) is 16.5 Å². The van der Waals surface area contributed by atoms with Crippen LogP contribution in [0, 0.1) is 0 Å². The lowest BCUT2D eigenvalue weighted by atomic mass is 10.1. The monoisotopic (exact) mass is 440 g/mol. The molecule has 0 bridgehead atoms. The highest BCUT2D eigenvalue weighted by atomic mass is 16.5. The Labute approximate surface area is 188 Å². The van der Waals surface area contributed by atoms with Crippen molar-refractivity contribution in [1.29, 1.82) is 0 Å². The van der Waals surface area contributed by atoms with Crippen LogP contribution in [0.5, 0.6) is 5.88 Å². The van der Waals surface area contributed by atoms with Crippen molar-refractivity contribution in [2.45, 2.75) is 13.0 Å². The molecule has 1 amide bonds. The van der Waals surface area contributed by atoms with E-state index in [1.165, 1.54) is 10.6 Å². The first-order chi connectivity index (χ1) is 16.0. The molecule has 1 aromatic carbocycles. The summed E-state index contributed by atoms with van der Waals surface area (Å²) in [6, 6.07) is 16.2. The van der Waals surface area contributed by atoms with Crippen LogP contribution < -0.4 is 15.6 Å². The van der Waals surface area contributed by atoms with Gasteiger partial charge in [-0.25, -0.2) is 14.5 Å². The van der Waals surface area contributed by atoms with E-state index in [-0.39, 0.29) is 22.8 Å². The average Bonchev–Trinajstić information content (AvgIpc) is 3.29. The Balaban J connectivity index is 1.43. The molecule has 1 atom stereocenters. The van der Waals surface area contributed by atoms with E-state index in [0.29, 0.717) is 17.3 Å². The van der Waals surface area contributed by atoms with Crippen molar-refractivity contribution in [3.8, 4) is 17.3 Å². The van der Waals surface area contributed by atoms with E-state index >= 15 is 0 Å². The first kappa shape index (κ1) is 20.4. The smallest absolute Gasteiger partial charge is 0.274 e. The Bertz CT molecular complexity index is 1540. The molecule has 0 aliphatic heterocycles. The quantitative estimate of drug-likeness (QED) is 0.434. The molecule has 164 valence electrons. The van der Waals surface area contributed by atoms with Gasteiger partial charge in [0.1, 0.15) is 5.52 Å². The summed E-state index contributed by atoms with van der Waals surface area (Å²) in [7, 11) is 1.54. The van der Waals surface area contributed by atoms with Gasteiger partial charge in [-0.2, -0.15) is 5.10 Å². The van der Waals surface area contributed by atoms with Crippen LogP contribution in [0.3, 0.4) is 0 Å². The van der Waals surface area contributed by atoms with Crippen molar-refractivity contribution in [3.63, 3.8) is 0 Å². The second-order valence-corrected chi connectivity index (χ2v) is 7.57. The van der Waals surface area contributed by atoms with E-state index in [9.17, 15) is 9.59 Å². The van der Waals surface area contributed by atoms with Gasteiger partial charge in [0, 0.05) is 23.7 Å². The molecule has 0 spiro atoms. The molecule has 0 saturated carbocycles. The van der Waals surface area contributed by atoms with Crippen molar-refractivity contribution in [3.05, 3.63) is 88.6 Å². The number of methoxy groups -OCH3 is 1. The van der Waals surface area contributed by atoms with E-state index in [1.807, 2.05) is 49.4 Å². The third-order valence-electron chi connectivity index (χ3n) is 5.39. The summed E-state index contributed by atoms with van der Waals surface area (Å²) in [4.78, 5) is 37.1. The highest BCUT2D eigenvalue weighted by molar-refractivity contribution is 5.93. The van der Waals surface area contributed by atoms with Gasteiger partial charge in [0.25, 0.3) is 11.5 Å². The number of para-hydroxylation sites is 1. The third-order valence-corrected chi connectivity index (χ3v) is 5.39. The lowest BCUT2D eigenvalue weighted by Gasteiger charge is -2.13. The molecule has 1 unspecified atom stereocenters. The number of carbonyl (C=O) groups is 1. The van der Waals surface area contributed by atoms with Crippen molar-refractivity contribution < 1.29 is 9.53 Å². The number of fused-ring (bicyclic) bond motifs is 2. The minimum absolute atomic E-state index is 0.137. The number of H-pyrrole nitrogens is 1. The normalized spacial score (nSPS) is 12.1. The first-order valence-electron chi connectivity index (χ1n) is 10.3. The predicted octanol–water partition coefficient (Wildman–Crippen LogP) is 3.13. The minimum atomic E-state index is -0.396. The number of ether oxygens (including phenoxy) is 1. The first-order valence-corrected chi connectivity index (χ1v) is 10.3. The summed E-state index contributed by atoms with van der Waals surface area (Å²) in [6.07, 6.45) is 3.29. The second kappa shape index (κ2) is 8.19. The highest BCUT2D eigenvalue weighted by Crippen LogP contribution is 2.19. The van der Waals surface area contributed by atoms with Gasteiger partial charge in [0.05, 0.1) is 36.3 Å². The fourth-order valence-corrected chi connectivity index (χ4v) is 3.58. The van der Waals surface area contributed by atoms with Crippen LogP contribution in [0.25, 0.3) is 27.8 Å². The molecular weight excluding hydrogens is 420 g/mol. The van der Waals surface area contributed by atoms with Crippen LogP contribution >= 0.6 is 0 Å². The van der Waals surface area contributed by atoms with Gasteiger partial charge in [-0.3, -0.25) is 9.59 Å². The highest BCUT2D eigenvalue weighted by Gasteiger charge is 2.17. The van der Waals surface area contributed by atoms with Crippen LogP contribution in [0.4, 0.5) is 0 Å². The molecule has 5 rings (SSSR count). The Morgan fingerprint density at radius 1 is 1.15 bits per heavy atom. The molecule has 4 heterocycles. The molecule has 0 radical (unpaired) electrons. The van der Waals surface area contributed by atoms with Crippen molar-refractivity contribution in [1.82, 2.24) is 29.9 Å². The van der Waals surface area contributed by atoms with E-state index in [2.05, 4.69) is 25.4 Å². The van der Waals surface area contributed by atoms with E-state index in [4.69, 9.17) is 4.74 Å². The van der Waals surface area contributed by atoms with Gasteiger partial charge in [0.15, 0.2) is 5.69 Å². The van der Waals surface area contributed by atoms with Crippen molar-refractivity contribution >= 4 is 22.3 Å².